The van der Waals surface area contributed by atoms with E-state index >= 15 is 0 Å². The third kappa shape index (κ3) is 0.621. The molecule has 0 radical (unpaired) electrons. The van der Waals surface area contributed by atoms with Crippen LogP contribution in [0.2, 0.25) is 0 Å². The van der Waals surface area contributed by atoms with Crippen LogP contribution in [-0.2, 0) is 4.79 Å². The fraction of sp³-hybridized carbons (Fsp3) is 0. The largest absolute Gasteiger partial charge is 0.288 e. The van der Waals surface area contributed by atoms with E-state index in [1.807, 2.05) is 0 Å². The zero-order valence-electron chi connectivity index (χ0n) is 4.98. The Morgan fingerprint density at radius 3 is 3.10 bits per heavy atom. The van der Waals surface area contributed by atoms with Crippen LogP contribution in [0.15, 0.2) is 38.8 Å². The first-order chi connectivity index (χ1) is 4.86. The van der Waals surface area contributed by atoms with E-state index in [9.17, 15) is 4.79 Å². The number of aliphatic imine (C=N–C) groups is 1. The molecule has 0 saturated heterocycles. The molecule has 2 rings (SSSR count). The van der Waals surface area contributed by atoms with E-state index in [0.717, 1.165) is 5.57 Å². The van der Waals surface area contributed by atoms with Gasteiger partial charge in [-0.3, -0.25) is 9.79 Å². The normalized spacial score (nSPS) is 20.6. The van der Waals surface area contributed by atoms with Crippen molar-refractivity contribution in [3.05, 3.63) is 23.5 Å². The zero-order valence-corrected chi connectivity index (χ0v) is 4.98. The third-order valence-corrected chi connectivity index (χ3v) is 1.24. The first kappa shape index (κ1) is 5.22. The summed E-state index contributed by atoms with van der Waals surface area (Å²) >= 11 is 0. The summed E-state index contributed by atoms with van der Waals surface area (Å²) in [5.74, 6) is -0.319. The van der Waals surface area contributed by atoms with E-state index in [1.54, 1.807) is 12.4 Å². The second kappa shape index (κ2) is 1.70. The van der Waals surface area contributed by atoms with E-state index < -0.39 is 0 Å². The zero-order chi connectivity index (χ0) is 6.97. The predicted octanol–water partition coefficient (Wildman–Crippen LogP) is 0.831. The van der Waals surface area contributed by atoms with Gasteiger partial charge in [0.2, 0.25) is 0 Å². The summed E-state index contributed by atoms with van der Waals surface area (Å²) < 4.78 is 0. The van der Waals surface area contributed by atoms with Crippen molar-refractivity contribution in [3.8, 4) is 0 Å². The van der Waals surface area contributed by atoms with Crippen molar-refractivity contribution in [2.45, 2.75) is 0 Å². The third-order valence-electron chi connectivity index (χ3n) is 1.24. The van der Waals surface area contributed by atoms with E-state index in [2.05, 4.69) is 15.2 Å². The lowest BCUT2D eigenvalue weighted by Crippen LogP contribution is -1.96. The van der Waals surface area contributed by atoms with Crippen LogP contribution in [0.25, 0.3) is 0 Å². The van der Waals surface area contributed by atoms with Crippen LogP contribution >= 0.6 is 0 Å². The molecule has 0 aromatic carbocycles. The Kier molecular flexibility index (Phi) is 0.887. The van der Waals surface area contributed by atoms with Gasteiger partial charge in [-0.2, -0.15) is 0 Å². The minimum Gasteiger partial charge on any atom is -0.266 e. The fourth-order valence-electron chi connectivity index (χ4n) is 0.789. The van der Waals surface area contributed by atoms with Crippen molar-refractivity contribution in [1.29, 1.82) is 0 Å². The van der Waals surface area contributed by atoms with Crippen LogP contribution in [0.1, 0.15) is 0 Å². The number of fused-ring (bicyclic) bond motifs is 1. The molecule has 0 atom stereocenters. The fourth-order valence-corrected chi connectivity index (χ4v) is 0.789. The molecule has 0 aromatic rings. The second-order valence-electron chi connectivity index (χ2n) is 1.93. The van der Waals surface area contributed by atoms with Gasteiger partial charge >= 0.3 is 0 Å². The topological polar surface area (TPSA) is 54.1 Å². The van der Waals surface area contributed by atoms with E-state index in [0.29, 0.717) is 5.70 Å². The summed E-state index contributed by atoms with van der Waals surface area (Å²) in [7, 11) is 0. The molecule has 48 valence electrons. The molecular formula is C6H3N3O. The average Bonchev–Trinajstić information content (AvgIpc) is 2.33. The van der Waals surface area contributed by atoms with Crippen molar-refractivity contribution >= 4 is 12.1 Å². The highest BCUT2D eigenvalue weighted by molar-refractivity contribution is 6.00. The minimum absolute atomic E-state index is 0.319. The molecule has 4 heteroatoms. The molecule has 0 fully saturated rings. The molecule has 0 unspecified atom stereocenters. The highest BCUT2D eigenvalue weighted by Gasteiger charge is 2.13. The molecule has 0 N–H and O–H groups in total. The van der Waals surface area contributed by atoms with Crippen molar-refractivity contribution < 1.29 is 4.79 Å². The van der Waals surface area contributed by atoms with Crippen LogP contribution in [0.5, 0.6) is 0 Å². The minimum atomic E-state index is -0.319. The number of carbonyl (C=O) groups is 1. The molecule has 4 nitrogen and oxygen atoms in total. The molecule has 2 aliphatic rings. The van der Waals surface area contributed by atoms with Gasteiger partial charge in [-0.25, -0.2) is 0 Å². The molecule has 10 heavy (non-hydrogen) atoms. The summed E-state index contributed by atoms with van der Waals surface area (Å²) in [6.07, 6.45) is 4.57. The maximum absolute atomic E-state index is 10.6. The van der Waals surface area contributed by atoms with Gasteiger partial charge in [0.1, 0.15) is 5.70 Å². The SMILES string of the molecule is O=C1C=C2C=NC=C2N=N1. The average molecular weight is 133 g/mol. The molecule has 2 aliphatic heterocycles. The molecular weight excluding hydrogens is 130 g/mol. The van der Waals surface area contributed by atoms with Gasteiger partial charge < -0.3 is 0 Å². The Morgan fingerprint density at radius 2 is 2.20 bits per heavy atom. The number of nitrogens with zero attached hydrogens (tertiary/aromatic N) is 3. The summed E-state index contributed by atoms with van der Waals surface area (Å²) in [6.45, 7) is 0. The highest BCUT2D eigenvalue weighted by Crippen LogP contribution is 2.18. The number of amides is 1. The molecule has 0 saturated carbocycles. The predicted molar refractivity (Wildman–Crippen MR) is 34.5 cm³/mol. The summed E-state index contributed by atoms with van der Waals surface area (Å²) in [5, 5.41) is 6.95. The van der Waals surface area contributed by atoms with Crippen molar-refractivity contribution in [3.63, 3.8) is 0 Å². The monoisotopic (exact) mass is 133 g/mol. The van der Waals surface area contributed by atoms with E-state index in [-0.39, 0.29) is 5.91 Å². The summed E-state index contributed by atoms with van der Waals surface area (Å²) in [6, 6.07) is 0. The number of hydrogen-bond donors (Lipinski definition) is 0. The van der Waals surface area contributed by atoms with Gasteiger partial charge in [0.15, 0.2) is 0 Å². The van der Waals surface area contributed by atoms with Crippen molar-refractivity contribution in [2.75, 3.05) is 0 Å². The molecule has 0 spiro atoms. The lowest BCUT2D eigenvalue weighted by Gasteiger charge is -1.97. The van der Waals surface area contributed by atoms with Gasteiger partial charge in [0.05, 0.1) is 6.20 Å². The number of carbonyl (C=O) groups excluding carboxylic acids is 1. The van der Waals surface area contributed by atoms with Gasteiger partial charge in [0.25, 0.3) is 5.91 Å². The van der Waals surface area contributed by atoms with E-state index in [4.69, 9.17) is 0 Å². The van der Waals surface area contributed by atoms with Gasteiger partial charge in [-0.15, -0.1) is 10.2 Å². The molecule has 0 bridgehead atoms. The number of allylic oxidation sites excluding steroid dienone is 1. The smallest absolute Gasteiger partial charge is 0.266 e. The Hall–Kier alpha value is -1.58. The number of azo groups is 1. The molecule has 2 heterocycles. The Balaban J connectivity index is 2.51. The molecule has 0 aliphatic carbocycles. The highest BCUT2D eigenvalue weighted by atomic mass is 16.1. The Bertz CT molecular complexity index is 309. The maximum atomic E-state index is 10.6. The number of rotatable bonds is 0. The van der Waals surface area contributed by atoms with Crippen LogP contribution in [0.3, 0.4) is 0 Å². The summed E-state index contributed by atoms with van der Waals surface area (Å²) in [4.78, 5) is 14.4. The van der Waals surface area contributed by atoms with Crippen molar-refractivity contribution in [1.82, 2.24) is 0 Å². The Morgan fingerprint density at radius 1 is 1.30 bits per heavy atom. The lowest BCUT2D eigenvalue weighted by molar-refractivity contribution is -0.114. The van der Waals surface area contributed by atoms with Crippen LogP contribution in [-0.4, -0.2) is 12.1 Å². The van der Waals surface area contributed by atoms with Gasteiger partial charge in [-0.05, 0) is 0 Å². The first-order valence-corrected chi connectivity index (χ1v) is 2.77. The lowest BCUT2D eigenvalue weighted by atomic mass is 10.2. The van der Waals surface area contributed by atoms with E-state index in [1.165, 1.54) is 6.08 Å². The second-order valence-corrected chi connectivity index (χ2v) is 1.93. The Labute approximate surface area is 56.7 Å². The van der Waals surface area contributed by atoms with Crippen molar-refractivity contribution in [2.24, 2.45) is 15.2 Å². The molecule has 1 amide bonds. The number of hydrogen-bond acceptors (Lipinski definition) is 3. The van der Waals surface area contributed by atoms with Gasteiger partial charge in [0, 0.05) is 17.9 Å². The quantitative estimate of drug-likeness (QED) is 0.482. The van der Waals surface area contributed by atoms with Crippen LogP contribution < -0.4 is 0 Å². The summed E-state index contributed by atoms with van der Waals surface area (Å²) in [5.41, 5.74) is 1.42. The van der Waals surface area contributed by atoms with Gasteiger partial charge in [-0.1, -0.05) is 0 Å². The standard InChI is InChI=1S/C6H3N3O/c10-6-1-4-2-7-3-5(4)8-9-6/h1-3H. The molecule has 0 aromatic heterocycles. The maximum Gasteiger partial charge on any atom is 0.288 e. The first-order valence-electron chi connectivity index (χ1n) is 2.77. The van der Waals surface area contributed by atoms with Crippen LogP contribution in [0.4, 0.5) is 0 Å². The van der Waals surface area contributed by atoms with Crippen LogP contribution in [0, 0.1) is 0 Å².